The lowest BCUT2D eigenvalue weighted by Crippen LogP contribution is -2.32. The Hall–Kier alpha value is -3.28. The van der Waals surface area contributed by atoms with Gasteiger partial charge in [0.15, 0.2) is 0 Å². The van der Waals surface area contributed by atoms with Crippen molar-refractivity contribution < 1.29 is 4.79 Å². The molecule has 3 aromatic carbocycles. The molecule has 0 radical (unpaired) electrons. The summed E-state index contributed by atoms with van der Waals surface area (Å²) in [7, 11) is 0. The molecular weight excluding hydrogens is 402 g/mol. The van der Waals surface area contributed by atoms with Crippen LogP contribution in [-0.2, 0) is 17.8 Å². The number of carbonyl (C=O) groups excluding carboxylic acids is 1. The quantitative estimate of drug-likeness (QED) is 0.371. The van der Waals surface area contributed by atoms with E-state index in [-0.39, 0.29) is 5.91 Å². The van der Waals surface area contributed by atoms with E-state index in [2.05, 4.69) is 41.8 Å². The predicted octanol–water partition coefficient (Wildman–Crippen LogP) is 5.84. The highest BCUT2D eigenvalue weighted by atomic mass is 32.1. The van der Waals surface area contributed by atoms with Crippen LogP contribution in [-0.4, -0.2) is 10.9 Å². The number of nitrogens with zero attached hydrogens (tertiary/aromatic N) is 1. The van der Waals surface area contributed by atoms with Crippen molar-refractivity contribution in [1.29, 1.82) is 0 Å². The molecule has 1 heterocycles. The number of amides is 1. The minimum atomic E-state index is -0.476. The highest BCUT2D eigenvalue weighted by Gasteiger charge is 2.20. The molecule has 1 amide bonds. The van der Waals surface area contributed by atoms with Crippen molar-refractivity contribution in [2.24, 2.45) is 0 Å². The van der Waals surface area contributed by atoms with Gasteiger partial charge in [0.2, 0.25) is 5.91 Å². The summed E-state index contributed by atoms with van der Waals surface area (Å²) in [5.74, 6) is -0.0944. The Labute approximate surface area is 187 Å². The average molecular weight is 428 g/mol. The number of aryl methyl sites for hydroxylation is 1. The molecule has 2 N–H and O–H groups in total. The first-order valence-electron chi connectivity index (χ1n) is 10.4. The fourth-order valence-corrected chi connectivity index (χ4v) is 4.18. The third-order valence-corrected chi connectivity index (χ3v) is 6.02. The third-order valence-electron chi connectivity index (χ3n) is 5.08. The van der Waals surface area contributed by atoms with Gasteiger partial charge in [0, 0.05) is 23.2 Å². The molecule has 1 aromatic heterocycles. The van der Waals surface area contributed by atoms with Gasteiger partial charge in [0.05, 0.1) is 5.69 Å². The van der Waals surface area contributed by atoms with Crippen LogP contribution in [0.3, 0.4) is 0 Å². The minimum absolute atomic E-state index is 0.0944. The van der Waals surface area contributed by atoms with Crippen LogP contribution < -0.4 is 10.6 Å². The monoisotopic (exact) mass is 427 g/mol. The summed E-state index contributed by atoms with van der Waals surface area (Å²) in [6.07, 6.45) is 1.03. The van der Waals surface area contributed by atoms with Crippen LogP contribution in [0.4, 0.5) is 5.69 Å². The fourth-order valence-electron chi connectivity index (χ4n) is 3.35. The van der Waals surface area contributed by atoms with Gasteiger partial charge in [-0.05, 0) is 29.7 Å². The number of rotatable bonds is 8. The van der Waals surface area contributed by atoms with Gasteiger partial charge in [-0.3, -0.25) is 10.1 Å². The smallest absolute Gasteiger partial charge is 0.246 e. The highest BCUT2D eigenvalue weighted by Crippen LogP contribution is 2.25. The minimum Gasteiger partial charge on any atom is -0.324 e. The molecule has 0 unspecified atom stereocenters. The number of nitrogens with one attached hydrogen (secondary N) is 2. The number of aromatic nitrogens is 1. The molecular formula is C26H25N3OS. The first-order valence-corrected chi connectivity index (χ1v) is 11.3. The highest BCUT2D eigenvalue weighted by molar-refractivity contribution is 7.13. The van der Waals surface area contributed by atoms with Crippen LogP contribution in [0.5, 0.6) is 0 Å². The SMILES string of the molecule is CCc1ccc(-c2nc(CN[C@@H](C(=O)Nc3ccccc3)c3ccccc3)cs2)cc1. The number of hydrogen-bond donors (Lipinski definition) is 2. The van der Waals surface area contributed by atoms with Gasteiger partial charge < -0.3 is 5.32 Å². The van der Waals surface area contributed by atoms with Crippen LogP contribution in [0.1, 0.15) is 29.8 Å². The van der Waals surface area contributed by atoms with Gasteiger partial charge in [-0.25, -0.2) is 4.98 Å². The van der Waals surface area contributed by atoms with Gasteiger partial charge in [-0.15, -0.1) is 11.3 Å². The van der Waals surface area contributed by atoms with Crippen molar-refractivity contribution in [2.75, 3.05) is 5.32 Å². The summed E-state index contributed by atoms with van der Waals surface area (Å²) >= 11 is 1.62. The van der Waals surface area contributed by atoms with Crippen molar-refractivity contribution in [3.63, 3.8) is 0 Å². The Balaban J connectivity index is 1.47. The van der Waals surface area contributed by atoms with Crippen molar-refractivity contribution in [1.82, 2.24) is 10.3 Å². The Bertz CT molecular complexity index is 1110. The van der Waals surface area contributed by atoms with E-state index in [1.807, 2.05) is 66.0 Å². The second-order valence-electron chi connectivity index (χ2n) is 7.27. The van der Waals surface area contributed by atoms with Crippen molar-refractivity contribution in [2.45, 2.75) is 25.9 Å². The lowest BCUT2D eigenvalue weighted by molar-refractivity contribution is -0.118. The first-order chi connectivity index (χ1) is 15.2. The molecule has 4 rings (SSSR count). The van der Waals surface area contributed by atoms with Gasteiger partial charge in [-0.2, -0.15) is 0 Å². The fraction of sp³-hybridized carbons (Fsp3) is 0.154. The molecule has 31 heavy (non-hydrogen) atoms. The van der Waals surface area contributed by atoms with E-state index in [0.29, 0.717) is 6.54 Å². The van der Waals surface area contributed by atoms with Crippen LogP contribution in [0.25, 0.3) is 10.6 Å². The lowest BCUT2D eigenvalue weighted by atomic mass is 10.1. The molecule has 0 saturated heterocycles. The summed E-state index contributed by atoms with van der Waals surface area (Å²) in [4.78, 5) is 17.8. The molecule has 1 atom stereocenters. The molecule has 0 aliphatic rings. The number of hydrogen-bond acceptors (Lipinski definition) is 4. The molecule has 0 fully saturated rings. The summed E-state index contributed by atoms with van der Waals surface area (Å²) in [5.41, 5.74) is 5.06. The zero-order valence-corrected chi connectivity index (χ0v) is 18.2. The number of anilines is 1. The van der Waals surface area contributed by atoms with Gasteiger partial charge in [0.1, 0.15) is 11.0 Å². The van der Waals surface area contributed by atoms with Gasteiger partial charge in [0.25, 0.3) is 0 Å². The van der Waals surface area contributed by atoms with E-state index in [4.69, 9.17) is 4.98 Å². The molecule has 0 aliphatic carbocycles. The topological polar surface area (TPSA) is 54.0 Å². The molecule has 5 heteroatoms. The molecule has 0 saturated carbocycles. The van der Waals surface area contributed by atoms with Crippen LogP contribution in [0.15, 0.2) is 90.3 Å². The van der Waals surface area contributed by atoms with E-state index < -0.39 is 6.04 Å². The van der Waals surface area contributed by atoms with Crippen LogP contribution in [0, 0.1) is 0 Å². The lowest BCUT2D eigenvalue weighted by Gasteiger charge is -2.18. The summed E-state index contributed by atoms with van der Waals surface area (Å²) < 4.78 is 0. The Morgan fingerprint density at radius 1 is 0.935 bits per heavy atom. The van der Waals surface area contributed by atoms with Crippen LogP contribution in [0.2, 0.25) is 0 Å². The summed E-state index contributed by atoms with van der Waals surface area (Å²) in [5, 5.41) is 9.43. The normalized spacial score (nSPS) is 11.8. The maximum atomic E-state index is 13.0. The van der Waals surface area contributed by atoms with Crippen molar-refractivity contribution in [3.05, 3.63) is 107 Å². The van der Waals surface area contributed by atoms with Gasteiger partial charge >= 0.3 is 0 Å². The van der Waals surface area contributed by atoms with E-state index >= 15 is 0 Å². The zero-order valence-electron chi connectivity index (χ0n) is 17.4. The van der Waals surface area contributed by atoms with E-state index in [1.165, 1.54) is 5.56 Å². The average Bonchev–Trinajstić information content (AvgIpc) is 3.30. The number of thiazole rings is 1. The van der Waals surface area contributed by atoms with Crippen molar-refractivity contribution >= 4 is 22.9 Å². The Morgan fingerprint density at radius 3 is 2.29 bits per heavy atom. The van der Waals surface area contributed by atoms with E-state index in [9.17, 15) is 4.79 Å². The Morgan fingerprint density at radius 2 is 1.61 bits per heavy atom. The Kier molecular flexibility index (Phi) is 6.87. The van der Waals surface area contributed by atoms with E-state index in [0.717, 1.165) is 33.9 Å². The maximum absolute atomic E-state index is 13.0. The van der Waals surface area contributed by atoms with Crippen LogP contribution >= 0.6 is 11.3 Å². The second kappa shape index (κ2) is 10.2. The predicted molar refractivity (Wildman–Crippen MR) is 128 cm³/mol. The summed E-state index contributed by atoms with van der Waals surface area (Å²) in [6.45, 7) is 2.66. The first kappa shape index (κ1) is 21.0. The molecule has 0 aliphatic heterocycles. The van der Waals surface area contributed by atoms with E-state index in [1.54, 1.807) is 11.3 Å². The maximum Gasteiger partial charge on any atom is 0.246 e. The third kappa shape index (κ3) is 5.45. The molecule has 4 aromatic rings. The molecule has 0 bridgehead atoms. The molecule has 0 spiro atoms. The zero-order chi connectivity index (χ0) is 21.5. The molecule has 156 valence electrons. The summed E-state index contributed by atoms with van der Waals surface area (Å²) in [6, 6.07) is 27.3. The number of para-hydroxylation sites is 1. The van der Waals surface area contributed by atoms with Crippen molar-refractivity contribution in [3.8, 4) is 10.6 Å². The molecule has 4 nitrogen and oxygen atoms in total. The standard InChI is InChI=1S/C26H25N3OS/c1-2-19-13-15-21(16-14-19)26-29-23(18-31-26)17-27-24(20-9-5-3-6-10-20)25(30)28-22-11-7-4-8-12-22/h3-16,18,24,27H,2,17H2,1H3,(H,28,30)/t24-/m1/s1. The number of benzene rings is 3. The van der Waals surface area contributed by atoms with Gasteiger partial charge in [-0.1, -0.05) is 79.7 Å². The largest absolute Gasteiger partial charge is 0.324 e. The number of carbonyl (C=O) groups is 1. The second-order valence-corrected chi connectivity index (χ2v) is 8.13.